The zero-order valence-electron chi connectivity index (χ0n) is 15.4. The Bertz CT molecular complexity index is 893. The summed E-state index contributed by atoms with van der Waals surface area (Å²) < 4.78 is 30.9. The molecular weight excluding hydrogens is 372 g/mol. The Balaban J connectivity index is 1.60. The van der Waals surface area contributed by atoms with Crippen molar-refractivity contribution in [3.8, 4) is 0 Å². The average molecular weight is 394 g/mol. The molecular formula is C16H22N6O4S. The summed E-state index contributed by atoms with van der Waals surface area (Å²) in [5, 5.41) is 3.89. The lowest BCUT2D eigenvalue weighted by Crippen LogP contribution is -2.62. The molecule has 27 heavy (non-hydrogen) atoms. The highest BCUT2D eigenvalue weighted by Crippen LogP contribution is 2.20. The van der Waals surface area contributed by atoms with Gasteiger partial charge in [0.05, 0.1) is 12.3 Å². The highest BCUT2D eigenvalue weighted by atomic mass is 32.2. The highest BCUT2D eigenvalue weighted by molar-refractivity contribution is 7.88. The van der Waals surface area contributed by atoms with Gasteiger partial charge in [-0.1, -0.05) is 19.0 Å². The lowest BCUT2D eigenvalue weighted by atomic mass is 10.1. The van der Waals surface area contributed by atoms with Crippen LogP contribution in [0.1, 0.15) is 42.0 Å². The van der Waals surface area contributed by atoms with Crippen molar-refractivity contribution in [1.82, 2.24) is 29.3 Å². The van der Waals surface area contributed by atoms with Gasteiger partial charge in [-0.15, -0.1) is 0 Å². The molecule has 1 saturated heterocycles. The van der Waals surface area contributed by atoms with Crippen molar-refractivity contribution >= 4 is 15.9 Å². The molecule has 0 spiro atoms. The third kappa shape index (κ3) is 4.48. The number of carbonyl (C=O) groups excluding carboxylic acids is 1. The Morgan fingerprint density at radius 3 is 2.70 bits per heavy atom. The zero-order chi connectivity index (χ0) is 19.6. The summed E-state index contributed by atoms with van der Waals surface area (Å²) in [5.41, 5.74) is 0.294. The number of hydrogen-bond acceptors (Lipinski definition) is 8. The standard InChI is InChI=1S/C16H22N6O4S/c1-11(2)15-19-14(20-26-15)5-7-22(27(3,24)25)12-8-21(9-12)16(23)13-4-6-17-10-18-13/h4,6,10-12H,5,7-9H2,1-3H3. The van der Waals surface area contributed by atoms with Crippen LogP contribution in [0.5, 0.6) is 0 Å². The van der Waals surface area contributed by atoms with Crippen molar-refractivity contribution in [3.05, 3.63) is 36.0 Å². The molecule has 10 nitrogen and oxygen atoms in total. The van der Waals surface area contributed by atoms with E-state index in [0.29, 0.717) is 36.9 Å². The number of sulfonamides is 1. The van der Waals surface area contributed by atoms with Crippen LogP contribution in [0.2, 0.25) is 0 Å². The molecule has 0 aliphatic carbocycles. The molecule has 1 aliphatic heterocycles. The van der Waals surface area contributed by atoms with E-state index in [1.807, 2.05) is 13.8 Å². The van der Waals surface area contributed by atoms with Crippen LogP contribution in [0.25, 0.3) is 0 Å². The van der Waals surface area contributed by atoms with Crippen molar-refractivity contribution in [2.45, 2.75) is 32.2 Å². The van der Waals surface area contributed by atoms with E-state index in [2.05, 4.69) is 20.1 Å². The minimum Gasteiger partial charge on any atom is -0.339 e. The number of nitrogens with zero attached hydrogens (tertiary/aromatic N) is 6. The molecule has 0 unspecified atom stereocenters. The first-order valence-electron chi connectivity index (χ1n) is 8.60. The fourth-order valence-corrected chi connectivity index (χ4v) is 3.91. The molecule has 0 atom stereocenters. The summed E-state index contributed by atoms with van der Waals surface area (Å²) in [7, 11) is -3.43. The fraction of sp³-hybridized carbons (Fsp3) is 0.562. The van der Waals surface area contributed by atoms with Crippen LogP contribution in [0.15, 0.2) is 23.1 Å². The lowest BCUT2D eigenvalue weighted by Gasteiger charge is -2.44. The maximum atomic E-state index is 12.3. The van der Waals surface area contributed by atoms with E-state index < -0.39 is 10.0 Å². The summed E-state index contributed by atoms with van der Waals surface area (Å²) in [6.07, 6.45) is 4.32. The first-order chi connectivity index (χ1) is 12.8. The number of rotatable bonds is 7. The Hall–Kier alpha value is -2.40. The average Bonchev–Trinajstić information content (AvgIpc) is 3.05. The first kappa shape index (κ1) is 19.4. The minimum atomic E-state index is -3.43. The SMILES string of the molecule is CC(C)c1nc(CCN(C2CN(C(=O)c3ccncn3)C2)S(C)(=O)=O)no1. The molecule has 11 heteroatoms. The van der Waals surface area contributed by atoms with Gasteiger partial charge in [-0.3, -0.25) is 4.79 Å². The monoisotopic (exact) mass is 394 g/mol. The van der Waals surface area contributed by atoms with Crippen LogP contribution in [0.4, 0.5) is 0 Å². The van der Waals surface area contributed by atoms with Gasteiger partial charge in [0.2, 0.25) is 15.9 Å². The van der Waals surface area contributed by atoms with Gasteiger partial charge in [-0.05, 0) is 6.07 Å². The highest BCUT2D eigenvalue weighted by Gasteiger charge is 2.39. The molecule has 0 aromatic carbocycles. The molecule has 2 aromatic heterocycles. The van der Waals surface area contributed by atoms with E-state index in [1.54, 1.807) is 4.90 Å². The molecule has 2 aromatic rings. The van der Waals surface area contributed by atoms with Crippen LogP contribution in [0, 0.1) is 0 Å². The van der Waals surface area contributed by atoms with Gasteiger partial charge in [-0.25, -0.2) is 18.4 Å². The van der Waals surface area contributed by atoms with E-state index in [0.717, 1.165) is 6.26 Å². The van der Waals surface area contributed by atoms with Gasteiger partial charge in [0.25, 0.3) is 5.91 Å². The number of likely N-dealkylation sites (tertiary alicyclic amines) is 1. The number of hydrogen-bond donors (Lipinski definition) is 0. The molecule has 0 bridgehead atoms. The molecule has 146 valence electrons. The molecule has 1 fully saturated rings. The number of carbonyl (C=O) groups is 1. The van der Waals surface area contributed by atoms with Crippen LogP contribution >= 0.6 is 0 Å². The number of amides is 1. The van der Waals surface area contributed by atoms with Gasteiger partial charge in [-0.2, -0.15) is 9.29 Å². The summed E-state index contributed by atoms with van der Waals surface area (Å²) in [6, 6.07) is 1.26. The topological polar surface area (TPSA) is 122 Å². The molecule has 3 rings (SSSR count). The van der Waals surface area contributed by atoms with E-state index in [1.165, 1.54) is 22.9 Å². The van der Waals surface area contributed by atoms with Crippen molar-refractivity contribution < 1.29 is 17.7 Å². The van der Waals surface area contributed by atoms with Crippen molar-refractivity contribution in [3.63, 3.8) is 0 Å². The molecule has 3 heterocycles. The second-order valence-electron chi connectivity index (χ2n) is 6.79. The Morgan fingerprint density at radius 2 is 2.15 bits per heavy atom. The maximum Gasteiger partial charge on any atom is 0.272 e. The van der Waals surface area contributed by atoms with Crippen LogP contribution < -0.4 is 0 Å². The summed E-state index contributed by atoms with van der Waals surface area (Å²) in [6.45, 7) is 4.75. The normalized spacial score (nSPS) is 15.4. The molecule has 0 saturated carbocycles. The van der Waals surface area contributed by atoms with Crippen LogP contribution in [-0.4, -0.2) is 75.6 Å². The Labute approximate surface area is 157 Å². The molecule has 1 amide bonds. The lowest BCUT2D eigenvalue weighted by molar-refractivity contribution is 0.0448. The smallest absolute Gasteiger partial charge is 0.272 e. The first-order valence-corrected chi connectivity index (χ1v) is 10.4. The number of aromatic nitrogens is 4. The van der Waals surface area contributed by atoms with Crippen molar-refractivity contribution in [2.24, 2.45) is 0 Å². The molecule has 1 aliphatic rings. The van der Waals surface area contributed by atoms with Crippen molar-refractivity contribution in [1.29, 1.82) is 0 Å². The van der Waals surface area contributed by atoms with E-state index in [9.17, 15) is 13.2 Å². The van der Waals surface area contributed by atoms with Gasteiger partial charge in [0.1, 0.15) is 12.0 Å². The van der Waals surface area contributed by atoms with Crippen LogP contribution in [-0.2, 0) is 16.4 Å². The van der Waals surface area contributed by atoms with Gasteiger partial charge in [0.15, 0.2) is 5.82 Å². The quantitative estimate of drug-likeness (QED) is 0.657. The van der Waals surface area contributed by atoms with E-state index >= 15 is 0 Å². The maximum absolute atomic E-state index is 12.3. The Morgan fingerprint density at radius 1 is 1.41 bits per heavy atom. The predicted molar refractivity (Wildman–Crippen MR) is 95.4 cm³/mol. The second kappa shape index (κ2) is 7.69. The Kier molecular flexibility index (Phi) is 5.51. The summed E-state index contributed by atoms with van der Waals surface area (Å²) in [4.78, 5) is 25.9. The summed E-state index contributed by atoms with van der Waals surface area (Å²) in [5.74, 6) is 0.883. The third-order valence-corrected chi connectivity index (χ3v) is 5.65. The van der Waals surface area contributed by atoms with E-state index in [4.69, 9.17) is 4.52 Å². The van der Waals surface area contributed by atoms with Gasteiger partial charge in [0, 0.05) is 38.2 Å². The fourth-order valence-electron chi connectivity index (χ4n) is 2.82. The van der Waals surface area contributed by atoms with Gasteiger partial charge >= 0.3 is 0 Å². The molecule has 0 radical (unpaired) electrons. The third-order valence-electron chi connectivity index (χ3n) is 4.32. The van der Waals surface area contributed by atoms with Crippen molar-refractivity contribution in [2.75, 3.05) is 25.9 Å². The van der Waals surface area contributed by atoms with Gasteiger partial charge < -0.3 is 9.42 Å². The zero-order valence-corrected chi connectivity index (χ0v) is 16.3. The second-order valence-corrected chi connectivity index (χ2v) is 8.72. The summed E-state index contributed by atoms with van der Waals surface area (Å²) >= 11 is 0. The minimum absolute atomic E-state index is 0.116. The molecule has 0 N–H and O–H groups in total. The predicted octanol–water partition coefficient (Wildman–Crippen LogP) is 0.312. The largest absolute Gasteiger partial charge is 0.339 e. The van der Waals surface area contributed by atoms with Crippen LogP contribution in [0.3, 0.4) is 0 Å². The van der Waals surface area contributed by atoms with E-state index in [-0.39, 0.29) is 24.4 Å².